The maximum Gasteiger partial charge on any atom is 0.273 e. The Morgan fingerprint density at radius 3 is 2.55 bits per heavy atom. The molecule has 1 fully saturated rings. The van der Waals surface area contributed by atoms with Crippen molar-refractivity contribution in [3.8, 4) is 5.75 Å². The summed E-state index contributed by atoms with van der Waals surface area (Å²) in [5.74, 6) is -0.0293. The van der Waals surface area contributed by atoms with Crippen LogP contribution in [0.3, 0.4) is 0 Å². The van der Waals surface area contributed by atoms with E-state index in [0.29, 0.717) is 13.1 Å². The fourth-order valence-electron chi connectivity index (χ4n) is 1.86. The molecule has 0 aromatic heterocycles. The molecular weight excluding hydrogens is 286 g/mol. The van der Waals surface area contributed by atoms with Gasteiger partial charge in [-0.3, -0.25) is 10.1 Å². The van der Waals surface area contributed by atoms with Crippen molar-refractivity contribution in [2.75, 3.05) is 27.2 Å². The zero-order valence-electron chi connectivity index (χ0n) is 11.1. The van der Waals surface area contributed by atoms with E-state index in [9.17, 15) is 18.5 Å². The van der Waals surface area contributed by atoms with Crippen molar-refractivity contribution in [1.82, 2.24) is 9.62 Å². The number of nitrogens with zero attached hydrogens (tertiary/aromatic N) is 2. The Morgan fingerprint density at radius 1 is 1.45 bits per heavy atom. The van der Waals surface area contributed by atoms with Crippen LogP contribution in [0, 0.1) is 10.1 Å². The van der Waals surface area contributed by atoms with Gasteiger partial charge in [-0.15, -0.1) is 0 Å². The van der Waals surface area contributed by atoms with E-state index in [-0.39, 0.29) is 22.4 Å². The van der Waals surface area contributed by atoms with Gasteiger partial charge in [-0.2, -0.15) is 4.31 Å². The van der Waals surface area contributed by atoms with Crippen LogP contribution in [-0.4, -0.2) is 50.9 Å². The first-order valence-corrected chi connectivity index (χ1v) is 7.33. The minimum atomic E-state index is -3.74. The van der Waals surface area contributed by atoms with Gasteiger partial charge in [0.05, 0.1) is 18.1 Å². The number of non-ortho nitro benzene ring substituents is 1. The molecule has 1 aliphatic rings. The number of hydrogen-bond donors (Lipinski definition) is 1. The van der Waals surface area contributed by atoms with Gasteiger partial charge in [0, 0.05) is 32.2 Å². The highest BCUT2D eigenvalue weighted by Gasteiger charge is 2.34. The first-order valence-electron chi connectivity index (χ1n) is 5.89. The molecule has 9 heteroatoms. The summed E-state index contributed by atoms with van der Waals surface area (Å²) < 4.78 is 31.2. The number of benzene rings is 1. The van der Waals surface area contributed by atoms with Crippen LogP contribution in [-0.2, 0) is 10.0 Å². The largest absolute Gasteiger partial charge is 0.495 e. The van der Waals surface area contributed by atoms with E-state index in [4.69, 9.17) is 4.74 Å². The molecule has 110 valence electrons. The van der Waals surface area contributed by atoms with Crippen LogP contribution in [0.15, 0.2) is 23.1 Å². The summed E-state index contributed by atoms with van der Waals surface area (Å²) in [6.07, 6.45) is 0. The Hall–Kier alpha value is -1.71. The molecule has 1 aromatic carbocycles. The molecule has 1 saturated heterocycles. The molecule has 0 unspecified atom stereocenters. The van der Waals surface area contributed by atoms with Crippen LogP contribution in [0.4, 0.5) is 5.69 Å². The summed E-state index contributed by atoms with van der Waals surface area (Å²) in [6.45, 7) is 1.18. The van der Waals surface area contributed by atoms with Gasteiger partial charge in [-0.25, -0.2) is 8.42 Å². The Balaban J connectivity index is 2.42. The van der Waals surface area contributed by atoms with Crippen LogP contribution in [0.5, 0.6) is 5.75 Å². The highest BCUT2D eigenvalue weighted by molar-refractivity contribution is 7.89. The number of nitro benzene ring substituents is 1. The first kappa shape index (κ1) is 14.7. The minimum Gasteiger partial charge on any atom is -0.495 e. The first-order chi connectivity index (χ1) is 9.37. The third-order valence-electron chi connectivity index (χ3n) is 3.29. The second-order valence-corrected chi connectivity index (χ2v) is 6.39. The Kier molecular flexibility index (Phi) is 3.93. The molecule has 0 amide bonds. The Morgan fingerprint density at radius 2 is 2.10 bits per heavy atom. The van der Waals surface area contributed by atoms with E-state index in [1.807, 2.05) is 0 Å². The van der Waals surface area contributed by atoms with Gasteiger partial charge >= 0.3 is 0 Å². The normalized spacial score (nSPS) is 15.9. The van der Waals surface area contributed by atoms with Crippen molar-refractivity contribution >= 4 is 15.7 Å². The molecule has 0 aliphatic carbocycles. The van der Waals surface area contributed by atoms with E-state index in [1.54, 1.807) is 0 Å². The van der Waals surface area contributed by atoms with Crippen LogP contribution >= 0.6 is 0 Å². The number of likely N-dealkylation sites (N-methyl/N-ethyl adjacent to an activating group) is 1. The average Bonchev–Trinajstić information content (AvgIpc) is 2.35. The second kappa shape index (κ2) is 5.35. The molecule has 1 heterocycles. The summed E-state index contributed by atoms with van der Waals surface area (Å²) in [6, 6.07) is 3.36. The lowest BCUT2D eigenvalue weighted by Gasteiger charge is -2.34. The van der Waals surface area contributed by atoms with Gasteiger partial charge in [-0.1, -0.05) is 0 Å². The van der Waals surface area contributed by atoms with Gasteiger partial charge in [0.1, 0.15) is 10.6 Å². The van der Waals surface area contributed by atoms with Crippen molar-refractivity contribution < 1.29 is 18.1 Å². The quantitative estimate of drug-likeness (QED) is 0.615. The van der Waals surface area contributed by atoms with Gasteiger partial charge in [0.2, 0.25) is 10.0 Å². The standard InChI is InChI=1S/C11H15N3O5S/c1-13(9-6-12-7-9)20(17,18)11-4-3-8(14(15)16)5-10(11)19-2/h3-5,9,12H,6-7H2,1-2H3. The zero-order valence-corrected chi connectivity index (χ0v) is 11.9. The van der Waals surface area contributed by atoms with Crippen molar-refractivity contribution in [1.29, 1.82) is 0 Å². The molecule has 20 heavy (non-hydrogen) atoms. The fourth-order valence-corrected chi connectivity index (χ4v) is 3.35. The molecular formula is C11H15N3O5S. The Bertz CT molecular complexity index is 627. The molecule has 1 aliphatic heterocycles. The summed E-state index contributed by atoms with van der Waals surface area (Å²) in [5, 5.41) is 13.7. The van der Waals surface area contributed by atoms with Gasteiger partial charge in [-0.05, 0) is 6.07 Å². The van der Waals surface area contributed by atoms with Crippen molar-refractivity contribution in [2.24, 2.45) is 0 Å². The second-order valence-electron chi connectivity index (χ2n) is 4.43. The van der Waals surface area contributed by atoms with Crippen LogP contribution in [0.2, 0.25) is 0 Å². The number of nitro groups is 1. The highest BCUT2D eigenvalue weighted by Crippen LogP contribution is 2.31. The maximum atomic E-state index is 12.5. The lowest BCUT2D eigenvalue weighted by Crippen LogP contribution is -2.57. The minimum absolute atomic E-state index is 0.0293. The maximum absolute atomic E-state index is 12.5. The van der Waals surface area contributed by atoms with Gasteiger partial charge in [0.15, 0.2) is 0 Å². The van der Waals surface area contributed by atoms with Crippen LogP contribution < -0.4 is 10.1 Å². The van der Waals surface area contributed by atoms with E-state index < -0.39 is 14.9 Å². The molecule has 0 radical (unpaired) electrons. The number of sulfonamides is 1. The molecule has 1 aromatic rings. The predicted molar refractivity (Wildman–Crippen MR) is 71.3 cm³/mol. The summed E-state index contributed by atoms with van der Waals surface area (Å²) in [5.41, 5.74) is -0.214. The van der Waals surface area contributed by atoms with Crippen molar-refractivity contribution in [3.63, 3.8) is 0 Å². The van der Waals surface area contributed by atoms with Gasteiger partial charge in [0.25, 0.3) is 5.69 Å². The lowest BCUT2D eigenvalue weighted by atomic mass is 10.2. The molecule has 8 nitrogen and oxygen atoms in total. The summed E-state index contributed by atoms with van der Waals surface area (Å²) in [4.78, 5) is 10.0. The van der Waals surface area contributed by atoms with E-state index in [0.717, 1.165) is 12.1 Å². The third-order valence-corrected chi connectivity index (χ3v) is 5.24. The van der Waals surface area contributed by atoms with E-state index in [2.05, 4.69) is 5.32 Å². The SMILES string of the molecule is COc1cc([N+](=O)[O-])ccc1S(=O)(=O)N(C)C1CNC1. The number of ether oxygens (including phenoxy) is 1. The molecule has 0 saturated carbocycles. The van der Waals surface area contributed by atoms with Gasteiger partial charge < -0.3 is 10.1 Å². The summed E-state index contributed by atoms with van der Waals surface area (Å²) >= 11 is 0. The van der Waals surface area contributed by atoms with E-state index in [1.165, 1.54) is 24.5 Å². The summed E-state index contributed by atoms with van der Waals surface area (Å²) in [7, 11) is -0.970. The smallest absolute Gasteiger partial charge is 0.273 e. The number of hydrogen-bond acceptors (Lipinski definition) is 6. The molecule has 2 rings (SSSR count). The molecule has 0 atom stereocenters. The number of rotatable bonds is 5. The Labute approximate surface area is 116 Å². The van der Waals surface area contributed by atoms with Crippen molar-refractivity contribution in [3.05, 3.63) is 28.3 Å². The molecule has 0 bridgehead atoms. The van der Waals surface area contributed by atoms with Crippen LogP contribution in [0.1, 0.15) is 0 Å². The predicted octanol–water partition coefficient (Wildman–Crippen LogP) is 0.196. The third kappa shape index (κ3) is 2.47. The highest BCUT2D eigenvalue weighted by atomic mass is 32.2. The molecule has 1 N–H and O–H groups in total. The van der Waals surface area contributed by atoms with E-state index >= 15 is 0 Å². The number of methoxy groups -OCH3 is 1. The monoisotopic (exact) mass is 301 g/mol. The fraction of sp³-hybridized carbons (Fsp3) is 0.455. The molecule has 0 spiro atoms. The topological polar surface area (TPSA) is 102 Å². The van der Waals surface area contributed by atoms with Crippen molar-refractivity contribution in [2.45, 2.75) is 10.9 Å². The average molecular weight is 301 g/mol. The lowest BCUT2D eigenvalue weighted by molar-refractivity contribution is -0.385. The zero-order chi connectivity index (χ0) is 14.9. The number of nitrogens with one attached hydrogen (secondary N) is 1. The van der Waals surface area contributed by atoms with Crippen LogP contribution in [0.25, 0.3) is 0 Å².